The quantitative estimate of drug-likeness (QED) is 0.427. The van der Waals surface area contributed by atoms with Crippen molar-refractivity contribution in [2.75, 3.05) is 6.54 Å². The third-order valence-corrected chi connectivity index (χ3v) is 6.41. The molecule has 136 valence electrons. The van der Waals surface area contributed by atoms with Crippen molar-refractivity contribution in [3.05, 3.63) is 75.8 Å². The largest absolute Gasteiger partial charge is 0.346 e. The summed E-state index contributed by atoms with van der Waals surface area (Å²) in [7, 11) is 0. The molecule has 0 saturated carbocycles. The Balaban J connectivity index is 1.63. The number of H-pyrrole nitrogens is 1. The lowest BCUT2D eigenvalue weighted by Gasteiger charge is -2.16. The van der Waals surface area contributed by atoms with Crippen molar-refractivity contribution in [3.63, 3.8) is 0 Å². The van der Waals surface area contributed by atoms with E-state index in [2.05, 4.69) is 31.2 Å². The minimum Gasteiger partial charge on any atom is -0.346 e. The van der Waals surface area contributed by atoms with Crippen LogP contribution in [0.3, 0.4) is 0 Å². The van der Waals surface area contributed by atoms with Crippen molar-refractivity contribution in [2.24, 2.45) is 5.73 Å². The Morgan fingerprint density at radius 2 is 2.07 bits per heavy atom. The minimum absolute atomic E-state index is 0.134. The second-order valence-electron chi connectivity index (χ2n) is 6.06. The Labute approximate surface area is 168 Å². The SMILES string of the molecule is NC[C@@H](NC(=O)c1cc(Br)c(-c2ccnc3[nH]ccc23)s1)c1ccccc1. The van der Waals surface area contributed by atoms with Crippen molar-refractivity contribution < 1.29 is 4.79 Å². The number of benzene rings is 1. The van der Waals surface area contributed by atoms with Gasteiger partial charge in [0.1, 0.15) is 5.65 Å². The summed E-state index contributed by atoms with van der Waals surface area (Å²) < 4.78 is 0.885. The normalized spacial score (nSPS) is 12.2. The maximum absolute atomic E-state index is 12.8. The summed E-state index contributed by atoms with van der Waals surface area (Å²) in [5.74, 6) is -0.134. The summed E-state index contributed by atoms with van der Waals surface area (Å²) in [6, 6.07) is 15.3. The molecule has 0 unspecified atom stereocenters. The maximum atomic E-state index is 12.8. The molecular weight excluding hydrogens is 424 g/mol. The zero-order chi connectivity index (χ0) is 18.8. The van der Waals surface area contributed by atoms with Crippen LogP contribution in [-0.2, 0) is 0 Å². The van der Waals surface area contributed by atoms with Crippen LogP contribution in [0.5, 0.6) is 0 Å². The summed E-state index contributed by atoms with van der Waals surface area (Å²) in [6.45, 7) is 0.337. The number of amides is 1. The van der Waals surface area contributed by atoms with Crippen LogP contribution in [0.4, 0.5) is 0 Å². The van der Waals surface area contributed by atoms with Crippen LogP contribution in [0.25, 0.3) is 21.5 Å². The molecule has 1 aromatic carbocycles. The molecule has 7 heteroatoms. The first kappa shape index (κ1) is 17.9. The second-order valence-corrected chi connectivity index (χ2v) is 7.97. The lowest BCUT2D eigenvalue weighted by molar-refractivity contribution is 0.0942. The number of nitrogens with zero attached hydrogens (tertiary/aromatic N) is 1. The van der Waals surface area contributed by atoms with Crippen LogP contribution in [0.1, 0.15) is 21.3 Å². The first-order valence-electron chi connectivity index (χ1n) is 8.45. The van der Waals surface area contributed by atoms with E-state index in [9.17, 15) is 4.79 Å². The second kappa shape index (κ2) is 7.64. The Morgan fingerprint density at radius 3 is 2.85 bits per heavy atom. The molecule has 4 N–H and O–H groups in total. The van der Waals surface area contributed by atoms with E-state index >= 15 is 0 Å². The molecule has 4 aromatic rings. The monoisotopic (exact) mass is 440 g/mol. The first-order chi connectivity index (χ1) is 13.2. The molecule has 1 amide bonds. The summed E-state index contributed by atoms with van der Waals surface area (Å²) in [5.41, 5.74) is 8.73. The molecule has 5 nitrogen and oxygen atoms in total. The van der Waals surface area contributed by atoms with E-state index in [1.165, 1.54) is 11.3 Å². The predicted molar refractivity (Wildman–Crippen MR) is 113 cm³/mol. The summed E-state index contributed by atoms with van der Waals surface area (Å²) in [5, 5.41) is 4.05. The number of thiophene rings is 1. The minimum atomic E-state index is -0.222. The van der Waals surface area contributed by atoms with E-state index < -0.39 is 0 Å². The molecule has 4 rings (SSSR count). The van der Waals surface area contributed by atoms with E-state index in [4.69, 9.17) is 5.73 Å². The number of aromatic amines is 1. The van der Waals surface area contributed by atoms with Gasteiger partial charge < -0.3 is 16.0 Å². The number of halogens is 1. The highest BCUT2D eigenvalue weighted by atomic mass is 79.9. The van der Waals surface area contributed by atoms with E-state index in [1.54, 1.807) is 6.20 Å². The lowest BCUT2D eigenvalue weighted by atomic mass is 10.1. The molecule has 0 spiro atoms. The van der Waals surface area contributed by atoms with Crippen LogP contribution in [-0.4, -0.2) is 22.4 Å². The number of aromatic nitrogens is 2. The fraction of sp³-hybridized carbons (Fsp3) is 0.100. The molecule has 27 heavy (non-hydrogen) atoms. The number of hydrogen-bond acceptors (Lipinski definition) is 4. The average molecular weight is 441 g/mol. The van der Waals surface area contributed by atoms with Crippen molar-refractivity contribution in [1.82, 2.24) is 15.3 Å². The van der Waals surface area contributed by atoms with Crippen molar-refractivity contribution in [1.29, 1.82) is 0 Å². The topological polar surface area (TPSA) is 83.8 Å². The van der Waals surface area contributed by atoms with Crippen molar-refractivity contribution in [2.45, 2.75) is 6.04 Å². The van der Waals surface area contributed by atoms with Crippen LogP contribution < -0.4 is 11.1 Å². The van der Waals surface area contributed by atoms with Gasteiger partial charge in [-0.2, -0.15) is 0 Å². The Bertz CT molecular complexity index is 1090. The highest BCUT2D eigenvalue weighted by Gasteiger charge is 2.19. The number of nitrogens with two attached hydrogens (primary N) is 1. The van der Waals surface area contributed by atoms with Gasteiger partial charge in [0.15, 0.2) is 0 Å². The molecule has 0 fully saturated rings. The standard InChI is InChI=1S/C20H17BrN4OS/c21-15-10-17(20(26)25-16(11-22)12-4-2-1-3-5-12)27-18(15)13-6-8-23-19-14(13)7-9-24-19/h1-10,16H,11,22H2,(H,23,24)(H,25,26)/t16-/m1/s1. The van der Waals surface area contributed by atoms with Gasteiger partial charge in [-0.3, -0.25) is 4.79 Å². The van der Waals surface area contributed by atoms with Gasteiger partial charge in [0.2, 0.25) is 0 Å². The average Bonchev–Trinajstić information content (AvgIpc) is 3.33. The molecule has 3 heterocycles. The number of carbonyl (C=O) groups excluding carboxylic acids is 1. The van der Waals surface area contributed by atoms with Crippen LogP contribution in [0, 0.1) is 0 Å². The number of pyridine rings is 1. The van der Waals surface area contributed by atoms with Crippen LogP contribution >= 0.6 is 27.3 Å². The Morgan fingerprint density at radius 1 is 1.26 bits per heavy atom. The number of hydrogen-bond donors (Lipinski definition) is 3. The van der Waals surface area contributed by atoms with Gasteiger partial charge in [0.05, 0.1) is 15.8 Å². The summed E-state index contributed by atoms with van der Waals surface area (Å²) in [4.78, 5) is 21.9. The molecule has 0 aliphatic carbocycles. The Hall–Kier alpha value is -2.48. The molecule has 0 radical (unpaired) electrons. The molecular formula is C20H17BrN4OS. The van der Waals surface area contributed by atoms with Crippen molar-refractivity contribution in [3.8, 4) is 10.4 Å². The van der Waals surface area contributed by atoms with Gasteiger partial charge in [-0.1, -0.05) is 30.3 Å². The van der Waals surface area contributed by atoms with Gasteiger partial charge in [-0.25, -0.2) is 4.98 Å². The number of rotatable bonds is 5. The predicted octanol–water partition coefficient (Wildman–Crippen LogP) is 4.48. The van der Waals surface area contributed by atoms with Gasteiger partial charge in [-0.15, -0.1) is 11.3 Å². The van der Waals surface area contributed by atoms with E-state index in [0.29, 0.717) is 11.4 Å². The van der Waals surface area contributed by atoms with Gasteiger partial charge in [0, 0.05) is 34.4 Å². The fourth-order valence-electron chi connectivity index (χ4n) is 3.02. The number of fused-ring (bicyclic) bond motifs is 1. The highest BCUT2D eigenvalue weighted by Crippen LogP contribution is 2.39. The van der Waals surface area contributed by atoms with Gasteiger partial charge in [0.25, 0.3) is 5.91 Å². The smallest absolute Gasteiger partial charge is 0.261 e. The van der Waals surface area contributed by atoms with Gasteiger partial charge in [-0.05, 0) is 39.7 Å². The molecule has 0 aliphatic heterocycles. The maximum Gasteiger partial charge on any atom is 0.261 e. The number of carbonyl (C=O) groups is 1. The summed E-state index contributed by atoms with van der Waals surface area (Å²) >= 11 is 5.04. The van der Waals surface area contributed by atoms with Crippen LogP contribution in [0.15, 0.2) is 65.4 Å². The third kappa shape index (κ3) is 3.53. The fourth-order valence-corrected chi connectivity index (χ4v) is 4.85. The molecule has 0 bridgehead atoms. The van der Waals surface area contributed by atoms with E-state index in [-0.39, 0.29) is 11.9 Å². The Kier molecular flexibility index (Phi) is 5.07. The zero-order valence-electron chi connectivity index (χ0n) is 14.3. The first-order valence-corrected chi connectivity index (χ1v) is 10.1. The molecule has 0 aliphatic rings. The summed E-state index contributed by atoms with van der Waals surface area (Å²) in [6.07, 6.45) is 3.63. The molecule has 3 aromatic heterocycles. The van der Waals surface area contributed by atoms with E-state index in [1.807, 2.05) is 54.7 Å². The molecule has 0 saturated heterocycles. The third-order valence-electron chi connectivity index (χ3n) is 4.36. The van der Waals surface area contributed by atoms with Crippen molar-refractivity contribution >= 4 is 44.2 Å². The van der Waals surface area contributed by atoms with Gasteiger partial charge >= 0.3 is 0 Å². The molecule has 1 atom stereocenters. The number of nitrogens with one attached hydrogen (secondary N) is 2. The van der Waals surface area contributed by atoms with Crippen LogP contribution in [0.2, 0.25) is 0 Å². The lowest BCUT2D eigenvalue weighted by Crippen LogP contribution is -2.32. The highest BCUT2D eigenvalue weighted by molar-refractivity contribution is 9.10. The zero-order valence-corrected chi connectivity index (χ0v) is 16.7. The van der Waals surface area contributed by atoms with E-state index in [0.717, 1.165) is 31.5 Å².